The van der Waals surface area contributed by atoms with Gasteiger partial charge in [0.25, 0.3) is 0 Å². The van der Waals surface area contributed by atoms with E-state index in [4.69, 9.17) is 9.52 Å². The lowest BCUT2D eigenvalue weighted by Crippen LogP contribution is -2.26. The largest absolute Gasteiger partial charge is 0.472 e. The van der Waals surface area contributed by atoms with Gasteiger partial charge >= 0.3 is 0 Å². The summed E-state index contributed by atoms with van der Waals surface area (Å²) in [6, 6.07) is 6.38. The monoisotopic (exact) mass is 359 g/mol. The number of hydrogen-bond acceptors (Lipinski definition) is 4. The van der Waals surface area contributed by atoms with E-state index in [1.807, 2.05) is 0 Å². The molecule has 7 heteroatoms. The molecular formula is C13H14BrNO4S. The number of hydrogen-bond donors (Lipinski definition) is 1. The molecule has 0 fully saturated rings. The van der Waals surface area contributed by atoms with Crippen LogP contribution in [0.25, 0.3) is 0 Å². The van der Waals surface area contributed by atoms with Gasteiger partial charge in [0, 0.05) is 23.6 Å². The highest BCUT2D eigenvalue weighted by atomic mass is 79.9. The molecule has 0 unspecified atom stereocenters. The number of halogens is 1. The molecule has 0 aliphatic rings. The Morgan fingerprint density at radius 1 is 1.30 bits per heavy atom. The third-order valence-corrected chi connectivity index (χ3v) is 5.63. The predicted molar refractivity (Wildman–Crippen MR) is 77.4 cm³/mol. The number of sulfonamides is 1. The van der Waals surface area contributed by atoms with Crippen molar-refractivity contribution in [2.24, 2.45) is 0 Å². The van der Waals surface area contributed by atoms with Gasteiger partial charge in [-0.05, 0) is 39.7 Å². The molecule has 0 bridgehead atoms. The van der Waals surface area contributed by atoms with Crippen LogP contribution in [0.4, 0.5) is 0 Å². The van der Waals surface area contributed by atoms with Gasteiger partial charge in [-0.2, -0.15) is 4.31 Å². The van der Waals surface area contributed by atoms with Gasteiger partial charge in [-0.25, -0.2) is 8.42 Å². The van der Waals surface area contributed by atoms with Crippen molar-refractivity contribution in [3.8, 4) is 0 Å². The summed E-state index contributed by atoms with van der Waals surface area (Å²) in [6.45, 7) is 0.0941. The van der Waals surface area contributed by atoms with Crippen LogP contribution in [0.3, 0.4) is 0 Å². The summed E-state index contributed by atoms with van der Waals surface area (Å²) in [4.78, 5) is 0.167. The molecule has 1 heterocycles. The highest BCUT2D eigenvalue weighted by Gasteiger charge is 2.23. The quantitative estimate of drug-likeness (QED) is 0.889. The summed E-state index contributed by atoms with van der Waals surface area (Å²) in [5.41, 5.74) is 1.42. The van der Waals surface area contributed by atoms with Crippen LogP contribution < -0.4 is 0 Å². The van der Waals surface area contributed by atoms with Crippen molar-refractivity contribution in [3.63, 3.8) is 0 Å². The van der Waals surface area contributed by atoms with Crippen LogP contribution in [0.15, 0.2) is 50.6 Å². The number of nitrogens with zero attached hydrogens (tertiary/aromatic N) is 1. The lowest BCUT2D eigenvalue weighted by molar-refractivity contribution is 0.281. The maximum atomic E-state index is 12.5. The predicted octanol–water partition coefficient (Wildman–Crippen LogP) is 2.36. The lowest BCUT2D eigenvalue weighted by Gasteiger charge is -2.17. The molecule has 5 nitrogen and oxygen atoms in total. The normalized spacial score (nSPS) is 12.0. The Hall–Kier alpha value is -1.15. The maximum Gasteiger partial charge on any atom is 0.244 e. The second kappa shape index (κ2) is 6.09. The summed E-state index contributed by atoms with van der Waals surface area (Å²) in [6.07, 6.45) is 3.01. The Morgan fingerprint density at radius 2 is 2.05 bits per heavy atom. The van der Waals surface area contributed by atoms with E-state index >= 15 is 0 Å². The van der Waals surface area contributed by atoms with E-state index in [1.54, 1.807) is 18.2 Å². The zero-order valence-electron chi connectivity index (χ0n) is 10.8. The summed E-state index contributed by atoms with van der Waals surface area (Å²) < 4.78 is 31.6. The number of aliphatic hydroxyl groups is 1. The molecule has 108 valence electrons. The minimum atomic E-state index is -3.61. The van der Waals surface area contributed by atoms with Gasteiger partial charge in [0.15, 0.2) is 0 Å². The Bertz CT molecular complexity index is 682. The topological polar surface area (TPSA) is 70.8 Å². The SMILES string of the molecule is CN(Cc1ccoc1)S(=O)(=O)c1ccc(CO)cc1Br. The second-order valence-electron chi connectivity index (χ2n) is 4.32. The zero-order chi connectivity index (χ0) is 14.8. The van der Waals surface area contributed by atoms with Gasteiger partial charge in [-0.3, -0.25) is 0 Å². The molecule has 0 aliphatic carbocycles. The highest BCUT2D eigenvalue weighted by molar-refractivity contribution is 9.10. The third kappa shape index (κ3) is 3.12. The van der Waals surface area contributed by atoms with Crippen LogP contribution in [-0.2, 0) is 23.2 Å². The Balaban J connectivity index is 2.30. The van der Waals surface area contributed by atoms with Crippen LogP contribution in [0, 0.1) is 0 Å². The van der Waals surface area contributed by atoms with Crippen LogP contribution in [0.5, 0.6) is 0 Å². The van der Waals surface area contributed by atoms with Gasteiger partial charge in [-0.15, -0.1) is 0 Å². The summed E-state index contributed by atoms with van der Waals surface area (Å²) in [5.74, 6) is 0. The smallest absolute Gasteiger partial charge is 0.244 e. The van der Waals surface area contributed by atoms with Crippen LogP contribution in [0.2, 0.25) is 0 Å². The van der Waals surface area contributed by atoms with Crippen molar-refractivity contribution in [2.45, 2.75) is 18.0 Å². The van der Waals surface area contributed by atoms with Gasteiger partial charge in [0.1, 0.15) is 0 Å². The van der Waals surface area contributed by atoms with E-state index in [2.05, 4.69) is 15.9 Å². The maximum absolute atomic E-state index is 12.5. The molecule has 20 heavy (non-hydrogen) atoms. The molecule has 2 aromatic rings. The molecule has 1 aromatic carbocycles. The lowest BCUT2D eigenvalue weighted by atomic mass is 10.2. The molecule has 0 aliphatic heterocycles. The minimum Gasteiger partial charge on any atom is -0.472 e. The molecule has 0 radical (unpaired) electrons. The average Bonchev–Trinajstić information content (AvgIpc) is 2.91. The first kappa shape index (κ1) is 15.2. The van der Waals surface area contributed by atoms with Gasteiger partial charge in [0.2, 0.25) is 10.0 Å². The molecule has 0 saturated carbocycles. The summed E-state index contributed by atoms with van der Waals surface area (Å²) in [7, 11) is -2.10. The number of aliphatic hydroxyl groups excluding tert-OH is 1. The molecule has 0 saturated heterocycles. The van der Waals surface area contributed by atoms with E-state index in [0.29, 0.717) is 10.0 Å². The van der Waals surface area contributed by atoms with E-state index < -0.39 is 10.0 Å². The Labute approximate surface area is 126 Å². The molecule has 0 amide bonds. The van der Waals surface area contributed by atoms with Crippen molar-refractivity contribution in [3.05, 3.63) is 52.4 Å². The van der Waals surface area contributed by atoms with Crippen LogP contribution in [-0.4, -0.2) is 24.9 Å². The van der Waals surface area contributed by atoms with Crippen molar-refractivity contribution in [1.82, 2.24) is 4.31 Å². The second-order valence-corrected chi connectivity index (χ2v) is 7.18. The molecule has 1 aromatic heterocycles. The first-order chi connectivity index (χ1) is 9.45. The first-order valence-electron chi connectivity index (χ1n) is 5.82. The van der Waals surface area contributed by atoms with Crippen LogP contribution in [0.1, 0.15) is 11.1 Å². The highest BCUT2D eigenvalue weighted by Crippen LogP contribution is 2.26. The average molecular weight is 360 g/mol. The molecule has 1 N–H and O–H groups in total. The van der Waals surface area contributed by atoms with E-state index in [9.17, 15) is 8.42 Å². The van der Waals surface area contributed by atoms with Crippen molar-refractivity contribution in [2.75, 3.05) is 7.05 Å². The molecular weight excluding hydrogens is 346 g/mol. The van der Waals surface area contributed by atoms with E-state index in [0.717, 1.165) is 5.56 Å². The standard InChI is InChI=1S/C13H14BrNO4S/c1-15(7-11-4-5-19-9-11)20(17,18)13-3-2-10(8-16)6-12(13)14/h2-6,9,16H,7-8H2,1H3. The molecule has 0 spiro atoms. The number of furan rings is 1. The Morgan fingerprint density at radius 3 is 2.60 bits per heavy atom. The number of benzene rings is 1. The molecule has 0 atom stereocenters. The van der Waals surface area contributed by atoms with Gasteiger partial charge in [0.05, 0.1) is 24.0 Å². The zero-order valence-corrected chi connectivity index (χ0v) is 13.2. The van der Waals surface area contributed by atoms with Crippen molar-refractivity contribution in [1.29, 1.82) is 0 Å². The third-order valence-electron chi connectivity index (χ3n) is 2.85. The van der Waals surface area contributed by atoms with Crippen molar-refractivity contribution >= 4 is 26.0 Å². The van der Waals surface area contributed by atoms with E-state index in [1.165, 1.54) is 29.9 Å². The number of rotatable bonds is 5. The van der Waals surface area contributed by atoms with E-state index in [-0.39, 0.29) is 18.0 Å². The summed E-state index contributed by atoms with van der Waals surface area (Å²) >= 11 is 3.23. The first-order valence-corrected chi connectivity index (χ1v) is 8.05. The Kier molecular flexibility index (Phi) is 4.64. The fraction of sp³-hybridized carbons (Fsp3) is 0.231. The van der Waals surface area contributed by atoms with Crippen molar-refractivity contribution < 1.29 is 17.9 Å². The van der Waals surface area contributed by atoms with Crippen LogP contribution >= 0.6 is 15.9 Å². The fourth-order valence-electron chi connectivity index (χ4n) is 1.74. The molecule has 2 rings (SSSR count). The van der Waals surface area contributed by atoms with Gasteiger partial charge in [-0.1, -0.05) is 6.07 Å². The fourth-order valence-corrected chi connectivity index (χ4v) is 3.98. The van der Waals surface area contributed by atoms with Gasteiger partial charge < -0.3 is 9.52 Å². The summed E-state index contributed by atoms with van der Waals surface area (Å²) in [5, 5.41) is 9.04. The minimum absolute atomic E-state index is 0.135.